The van der Waals surface area contributed by atoms with Crippen LogP contribution in [0.1, 0.15) is 74.0 Å². The molecule has 0 radical (unpaired) electrons. The summed E-state index contributed by atoms with van der Waals surface area (Å²) >= 11 is 2.82. The van der Waals surface area contributed by atoms with Gasteiger partial charge in [0, 0.05) is 38.7 Å². The number of amides is 1. The number of methoxy groups -OCH3 is 1. The van der Waals surface area contributed by atoms with Crippen LogP contribution in [0.3, 0.4) is 0 Å². The molecule has 374 valence electrons. The van der Waals surface area contributed by atoms with Crippen molar-refractivity contribution in [1.29, 1.82) is 0 Å². The Kier molecular flexibility index (Phi) is 20.1. The summed E-state index contributed by atoms with van der Waals surface area (Å²) in [5.74, 6) is 5.43. The number of hydrogen-bond donors (Lipinski definition) is 0. The SMILES string of the molecule is CCOP(=O)(CCCN(c1cc(C)c(N=c2sc3ccccc3n2COCC[Si](C)(C)C)nn1)c1nc(C(=O)OC)c(CCCOc2ccc(C#CCN(C)C(=O)OC(C)(C)C)cc2F)s1)OCC. The molecule has 16 nitrogen and oxygen atoms in total. The lowest BCUT2D eigenvalue weighted by molar-refractivity contribution is 0.0320. The smallest absolute Gasteiger partial charge is 0.410 e. The summed E-state index contributed by atoms with van der Waals surface area (Å²) in [6, 6.07) is 15.4. The lowest BCUT2D eigenvalue weighted by Gasteiger charge is -2.23. The first kappa shape index (κ1) is 54.9. The maximum absolute atomic E-state index is 15.1. The molecule has 0 bridgehead atoms. The number of benzene rings is 2. The predicted molar refractivity (Wildman–Crippen MR) is 273 cm³/mol. The highest BCUT2D eigenvalue weighted by Crippen LogP contribution is 2.48. The third-order valence-electron chi connectivity index (χ3n) is 9.98. The van der Waals surface area contributed by atoms with Crippen LogP contribution in [0.15, 0.2) is 53.5 Å². The average Bonchev–Trinajstić information content (AvgIpc) is 3.86. The molecule has 0 unspecified atom stereocenters. The molecule has 0 fully saturated rings. The van der Waals surface area contributed by atoms with Crippen molar-refractivity contribution in [3.8, 4) is 17.6 Å². The summed E-state index contributed by atoms with van der Waals surface area (Å²) in [6.45, 7) is 19.7. The normalized spacial score (nSPS) is 12.2. The fourth-order valence-corrected chi connectivity index (χ4v) is 11.1. The van der Waals surface area contributed by atoms with E-state index in [-0.39, 0.29) is 50.5 Å². The van der Waals surface area contributed by atoms with Gasteiger partial charge in [0.05, 0.1) is 49.9 Å². The Balaban J connectivity index is 1.37. The molecule has 0 saturated heterocycles. The van der Waals surface area contributed by atoms with Gasteiger partial charge in [-0.15, -0.1) is 21.5 Å². The first-order valence-electron chi connectivity index (χ1n) is 22.9. The van der Waals surface area contributed by atoms with Gasteiger partial charge in [0.25, 0.3) is 0 Å². The van der Waals surface area contributed by atoms with Crippen LogP contribution in [0.25, 0.3) is 10.2 Å². The summed E-state index contributed by atoms with van der Waals surface area (Å²) in [5, 5.41) is 9.68. The standard InChI is InChI=1S/C48H65FN7O9PS2Si/c1-12-63-66(59,64-13-2)29-18-26-55(41-31-34(3)43(53-52-41)51-46-56(33-61-28-30-69(9,10)11)37-20-14-15-21-39(37)67-46)45-50-42(44(57)60-8)40(68-45)22-17-27-62-38-24-23-35(32-36(38)49)19-16-25-54(7)47(58)65-48(4,5)6/h14-15,20-21,23-24,31-32H,12-13,17-18,22,25-30,33H2,1-11H3. The summed E-state index contributed by atoms with van der Waals surface area (Å²) in [4.78, 5) is 39.7. The van der Waals surface area contributed by atoms with E-state index in [0.717, 1.165) is 26.6 Å². The number of hydrogen-bond acceptors (Lipinski definition) is 16. The minimum Gasteiger partial charge on any atom is -0.491 e. The molecular weight excluding hydrogens is 961 g/mol. The van der Waals surface area contributed by atoms with Crippen LogP contribution in [0.4, 0.5) is 26.0 Å². The van der Waals surface area contributed by atoms with Gasteiger partial charge in [-0.05, 0) is 109 Å². The van der Waals surface area contributed by atoms with Gasteiger partial charge in [-0.25, -0.2) is 19.0 Å². The molecule has 0 atom stereocenters. The topological polar surface area (TPSA) is 169 Å². The Hall–Kier alpha value is -5.00. The summed E-state index contributed by atoms with van der Waals surface area (Å²) in [6.07, 6.45) is 0.751. The summed E-state index contributed by atoms with van der Waals surface area (Å²) < 4.78 is 65.4. The molecule has 69 heavy (non-hydrogen) atoms. The molecule has 1 amide bonds. The van der Waals surface area contributed by atoms with Gasteiger partial charge in [-0.2, -0.15) is 4.99 Å². The van der Waals surface area contributed by atoms with Crippen molar-refractivity contribution in [2.24, 2.45) is 4.99 Å². The van der Waals surface area contributed by atoms with Crippen molar-refractivity contribution in [2.75, 3.05) is 64.7 Å². The fourth-order valence-electron chi connectivity index (χ4n) is 6.51. The third-order valence-corrected chi connectivity index (χ3v) is 16.1. The summed E-state index contributed by atoms with van der Waals surface area (Å²) in [7, 11) is -1.80. The van der Waals surface area contributed by atoms with E-state index in [1.54, 1.807) is 59.1 Å². The third kappa shape index (κ3) is 16.6. The molecule has 2 aromatic carbocycles. The van der Waals surface area contributed by atoms with E-state index in [9.17, 15) is 14.2 Å². The molecule has 5 rings (SSSR count). The second-order valence-corrected chi connectivity index (χ2v) is 28.0. The van der Waals surface area contributed by atoms with E-state index in [1.165, 1.54) is 35.5 Å². The molecule has 0 spiro atoms. The Morgan fingerprint density at radius 3 is 2.41 bits per heavy atom. The Bertz CT molecular complexity index is 2710. The molecule has 0 aliphatic carbocycles. The molecule has 5 aromatic rings. The molecular formula is C48H65FN7O9PS2Si. The van der Waals surface area contributed by atoms with Gasteiger partial charge in [0.2, 0.25) is 0 Å². The van der Waals surface area contributed by atoms with E-state index >= 15 is 4.39 Å². The van der Waals surface area contributed by atoms with Crippen LogP contribution in [-0.4, -0.2) is 110 Å². The fraction of sp³-hybridized carbons (Fsp3) is 0.500. The first-order valence-corrected chi connectivity index (χ1v) is 29.9. The van der Waals surface area contributed by atoms with E-state index in [1.807, 2.05) is 30.0 Å². The van der Waals surface area contributed by atoms with Crippen molar-refractivity contribution in [2.45, 2.75) is 98.8 Å². The molecule has 0 aliphatic rings. The highest BCUT2D eigenvalue weighted by atomic mass is 32.1. The van der Waals surface area contributed by atoms with Crippen LogP contribution >= 0.6 is 30.3 Å². The number of thiazole rings is 2. The van der Waals surface area contributed by atoms with Crippen molar-refractivity contribution in [3.05, 3.63) is 80.8 Å². The van der Waals surface area contributed by atoms with Crippen LogP contribution in [0, 0.1) is 24.6 Å². The van der Waals surface area contributed by atoms with Gasteiger partial charge in [0.15, 0.2) is 38.8 Å². The van der Waals surface area contributed by atoms with Crippen molar-refractivity contribution < 1.29 is 46.5 Å². The lowest BCUT2D eigenvalue weighted by Crippen LogP contribution is -2.34. The van der Waals surface area contributed by atoms with Crippen LogP contribution in [-0.2, 0) is 41.0 Å². The van der Waals surface area contributed by atoms with E-state index in [0.29, 0.717) is 59.8 Å². The minimum absolute atomic E-state index is 0.0456. The monoisotopic (exact) mass is 1030 g/mol. The second kappa shape index (κ2) is 25.2. The zero-order chi connectivity index (χ0) is 50.4. The molecule has 0 N–H and O–H groups in total. The molecule has 3 aromatic heterocycles. The van der Waals surface area contributed by atoms with E-state index in [4.69, 9.17) is 38.0 Å². The number of carbonyl (C=O) groups excluding carboxylic acids is 2. The molecule has 3 heterocycles. The van der Waals surface area contributed by atoms with Crippen molar-refractivity contribution in [3.63, 3.8) is 0 Å². The van der Waals surface area contributed by atoms with Crippen molar-refractivity contribution >= 4 is 77.4 Å². The number of carbonyl (C=O) groups is 2. The number of fused-ring (bicyclic) bond motifs is 1. The number of nitrogens with zero attached hydrogens (tertiary/aromatic N) is 7. The Morgan fingerprint density at radius 1 is 1.00 bits per heavy atom. The number of halogens is 1. The molecule has 0 saturated carbocycles. The van der Waals surface area contributed by atoms with Crippen LogP contribution in [0.2, 0.25) is 25.7 Å². The molecule has 21 heteroatoms. The number of ether oxygens (including phenoxy) is 4. The number of aryl methyl sites for hydroxylation is 2. The van der Waals surface area contributed by atoms with E-state index < -0.39 is 39.2 Å². The average molecular weight is 1030 g/mol. The first-order chi connectivity index (χ1) is 32.7. The Morgan fingerprint density at radius 2 is 1.74 bits per heavy atom. The largest absolute Gasteiger partial charge is 0.491 e. The predicted octanol–water partition coefficient (Wildman–Crippen LogP) is 10.8. The van der Waals surface area contributed by atoms with Gasteiger partial charge < -0.3 is 37.8 Å². The number of esters is 1. The van der Waals surface area contributed by atoms with Gasteiger partial charge in [-0.1, -0.05) is 55.0 Å². The van der Waals surface area contributed by atoms with Gasteiger partial charge in [0.1, 0.15) is 12.3 Å². The zero-order valence-corrected chi connectivity index (χ0v) is 45.1. The number of para-hydroxylation sites is 1. The zero-order valence-electron chi connectivity index (χ0n) is 41.6. The number of aromatic nitrogens is 4. The number of rotatable bonds is 23. The highest BCUT2D eigenvalue weighted by molar-refractivity contribution is 7.53. The lowest BCUT2D eigenvalue weighted by atomic mass is 10.2. The maximum Gasteiger partial charge on any atom is 0.410 e. The highest BCUT2D eigenvalue weighted by Gasteiger charge is 2.27. The van der Waals surface area contributed by atoms with Gasteiger partial charge >= 0.3 is 19.7 Å². The maximum atomic E-state index is 15.1. The second-order valence-electron chi connectivity index (χ2n) is 18.1. The van der Waals surface area contributed by atoms with E-state index in [2.05, 4.69) is 58.4 Å². The minimum atomic E-state index is -3.39. The van der Waals surface area contributed by atoms with Crippen LogP contribution < -0.4 is 14.4 Å². The Labute approximate surface area is 413 Å². The number of anilines is 2. The van der Waals surface area contributed by atoms with Crippen LogP contribution in [0.5, 0.6) is 5.75 Å². The summed E-state index contributed by atoms with van der Waals surface area (Å²) in [5.41, 5.74) is 1.66. The molecule has 0 aliphatic heterocycles. The quantitative estimate of drug-likeness (QED) is 0.0199. The van der Waals surface area contributed by atoms with Gasteiger partial charge in [-0.3, -0.25) is 9.13 Å². The van der Waals surface area contributed by atoms with Crippen molar-refractivity contribution in [1.82, 2.24) is 24.6 Å².